The molecule has 1 aromatic rings. The van der Waals surface area contributed by atoms with Crippen LogP contribution in [-0.4, -0.2) is 28.9 Å². The smallest absolute Gasteiger partial charge is 0.382 e. The highest BCUT2D eigenvalue weighted by Crippen LogP contribution is 2.25. The van der Waals surface area contributed by atoms with E-state index in [1.165, 1.54) is 6.20 Å². The van der Waals surface area contributed by atoms with Crippen molar-refractivity contribution < 1.29 is 18.3 Å². The number of aliphatic hydroxyl groups is 1. The molecular formula is C9H10BrF3N2O. The van der Waals surface area contributed by atoms with Crippen LogP contribution in [0.5, 0.6) is 0 Å². The predicted molar refractivity (Wildman–Crippen MR) is 57.2 cm³/mol. The Morgan fingerprint density at radius 3 is 2.75 bits per heavy atom. The molecule has 0 aliphatic carbocycles. The molecule has 0 bridgehead atoms. The zero-order valence-corrected chi connectivity index (χ0v) is 9.93. The molecule has 16 heavy (non-hydrogen) atoms. The molecule has 0 saturated carbocycles. The Labute approximate surface area is 98.8 Å². The zero-order valence-electron chi connectivity index (χ0n) is 8.35. The largest absolute Gasteiger partial charge is 0.416 e. The summed E-state index contributed by atoms with van der Waals surface area (Å²) in [5.41, 5.74) is 0.846. The minimum atomic E-state index is -4.62. The average Bonchev–Trinajstić information content (AvgIpc) is 2.18. The van der Waals surface area contributed by atoms with E-state index in [9.17, 15) is 13.2 Å². The maximum Gasteiger partial charge on any atom is 0.416 e. The van der Waals surface area contributed by atoms with E-state index in [1.54, 1.807) is 13.0 Å². The lowest BCUT2D eigenvalue weighted by Crippen LogP contribution is -2.35. The standard InChI is InChI=1S/C9H10BrF3N2O/c1-5-2-3-14-8(7(5)10)15-4-6(16)9(11,12)13/h2-3,6,16H,4H2,1H3,(H,14,15). The first kappa shape index (κ1) is 13.2. The van der Waals surface area contributed by atoms with Gasteiger partial charge in [0.25, 0.3) is 0 Å². The molecule has 0 aromatic carbocycles. The second kappa shape index (κ2) is 5.01. The summed E-state index contributed by atoms with van der Waals surface area (Å²) in [6.45, 7) is 1.16. The van der Waals surface area contributed by atoms with E-state index in [1.807, 2.05) is 0 Å². The number of rotatable bonds is 3. The van der Waals surface area contributed by atoms with Gasteiger partial charge in [0, 0.05) is 6.20 Å². The summed E-state index contributed by atoms with van der Waals surface area (Å²) >= 11 is 3.19. The molecule has 7 heteroatoms. The first-order chi connectivity index (χ1) is 7.32. The molecule has 3 nitrogen and oxygen atoms in total. The summed E-state index contributed by atoms with van der Waals surface area (Å²) in [5, 5.41) is 11.2. The third-order valence-corrected chi connectivity index (χ3v) is 2.92. The molecule has 2 N–H and O–H groups in total. The molecule has 90 valence electrons. The van der Waals surface area contributed by atoms with Crippen molar-refractivity contribution in [1.29, 1.82) is 0 Å². The summed E-state index contributed by atoms with van der Waals surface area (Å²) in [6.07, 6.45) is -5.55. The van der Waals surface area contributed by atoms with Crippen LogP contribution >= 0.6 is 15.9 Å². The number of aliphatic hydroxyl groups excluding tert-OH is 1. The Bertz CT molecular complexity index is 370. The molecule has 0 aliphatic heterocycles. The Kier molecular flexibility index (Phi) is 4.15. The third-order valence-electron chi connectivity index (χ3n) is 1.92. The summed E-state index contributed by atoms with van der Waals surface area (Å²) in [6, 6.07) is 1.72. The Morgan fingerprint density at radius 2 is 2.19 bits per heavy atom. The Balaban J connectivity index is 2.65. The quantitative estimate of drug-likeness (QED) is 0.901. The number of aryl methyl sites for hydroxylation is 1. The highest BCUT2D eigenvalue weighted by atomic mass is 79.9. The van der Waals surface area contributed by atoms with E-state index >= 15 is 0 Å². The fraction of sp³-hybridized carbons (Fsp3) is 0.444. The number of nitrogens with zero attached hydrogens (tertiary/aromatic N) is 1. The van der Waals surface area contributed by atoms with Gasteiger partial charge >= 0.3 is 6.18 Å². The third kappa shape index (κ3) is 3.34. The molecule has 0 fully saturated rings. The number of hydrogen-bond acceptors (Lipinski definition) is 3. The van der Waals surface area contributed by atoms with Crippen molar-refractivity contribution in [3.05, 3.63) is 22.3 Å². The van der Waals surface area contributed by atoms with Gasteiger partial charge < -0.3 is 10.4 Å². The highest BCUT2D eigenvalue weighted by molar-refractivity contribution is 9.10. The lowest BCUT2D eigenvalue weighted by Gasteiger charge is -2.16. The minimum absolute atomic E-state index is 0.281. The Morgan fingerprint density at radius 1 is 1.56 bits per heavy atom. The molecule has 1 unspecified atom stereocenters. The first-order valence-electron chi connectivity index (χ1n) is 4.42. The number of halogens is 4. The monoisotopic (exact) mass is 298 g/mol. The lowest BCUT2D eigenvalue weighted by atomic mass is 10.3. The van der Waals surface area contributed by atoms with E-state index in [2.05, 4.69) is 26.2 Å². The minimum Gasteiger partial charge on any atom is -0.382 e. The number of anilines is 1. The zero-order chi connectivity index (χ0) is 12.3. The molecule has 1 aromatic heterocycles. The maximum absolute atomic E-state index is 12.0. The van der Waals surface area contributed by atoms with Gasteiger partial charge in [-0.1, -0.05) is 0 Å². The van der Waals surface area contributed by atoms with Crippen molar-refractivity contribution in [3.63, 3.8) is 0 Å². The summed E-state index contributed by atoms with van der Waals surface area (Å²) in [5.74, 6) is 0.281. The van der Waals surface area contributed by atoms with Crippen molar-refractivity contribution in [2.45, 2.75) is 19.2 Å². The van der Waals surface area contributed by atoms with Crippen molar-refractivity contribution in [2.24, 2.45) is 0 Å². The molecule has 0 spiro atoms. The first-order valence-corrected chi connectivity index (χ1v) is 5.21. The Hall–Kier alpha value is -0.820. The van der Waals surface area contributed by atoms with Crippen LogP contribution in [0.2, 0.25) is 0 Å². The van der Waals surface area contributed by atoms with Crippen molar-refractivity contribution in [2.75, 3.05) is 11.9 Å². The van der Waals surface area contributed by atoms with Crippen LogP contribution in [0, 0.1) is 6.92 Å². The van der Waals surface area contributed by atoms with Crippen molar-refractivity contribution in [3.8, 4) is 0 Å². The van der Waals surface area contributed by atoms with E-state index in [4.69, 9.17) is 5.11 Å². The maximum atomic E-state index is 12.0. The van der Waals surface area contributed by atoms with Crippen LogP contribution in [0.25, 0.3) is 0 Å². The number of nitrogens with one attached hydrogen (secondary N) is 1. The molecule has 0 saturated heterocycles. The van der Waals surface area contributed by atoms with Gasteiger partial charge in [0.2, 0.25) is 0 Å². The van der Waals surface area contributed by atoms with Gasteiger partial charge in [-0.3, -0.25) is 0 Å². The molecular weight excluding hydrogens is 289 g/mol. The molecule has 0 aliphatic rings. The van der Waals surface area contributed by atoms with Gasteiger partial charge in [0.1, 0.15) is 5.82 Å². The summed E-state index contributed by atoms with van der Waals surface area (Å²) in [4.78, 5) is 3.86. The van der Waals surface area contributed by atoms with Gasteiger partial charge in [0.15, 0.2) is 6.10 Å². The van der Waals surface area contributed by atoms with Crippen LogP contribution in [0.4, 0.5) is 19.0 Å². The van der Waals surface area contributed by atoms with Gasteiger partial charge in [-0.15, -0.1) is 0 Å². The fourth-order valence-corrected chi connectivity index (χ4v) is 1.35. The molecule has 1 atom stereocenters. The van der Waals surface area contributed by atoms with Crippen LogP contribution in [0.15, 0.2) is 16.7 Å². The van der Waals surface area contributed by atoms with Crippen molar-refractivity contribution >= 4 is 21.7 Å². The van der Waals surface area contributed by atoms with Gasteiger partial charge in [-0.05, 0) is 34.5 Å². The van der Waals surface area contributed by atoms with Gasteiger partial charge in [0.05, 0.1) is 11.0 Å². The highest BCUT2D eigenvalue weighted by Gasteiger charge is 2.37. The molecule has 0 radical (unpaired) electrons. The van der Waals surface area contributed by atoms with Crippen LogP contribution < -0.4 is 5.32 Å². The van der Waals surface area contributed by atoms with E-state index < -0.39 is 18.8 Å². The topological polar surface area (TPSA) is 45.2 Å². The number of hydrogen-bond donors (Lipinski definition) is 2. The average molecular weight is 299 g/mol. The second-order valence-electron chi connectivity index (χ2n) is 3.23. The SMILES string of the molecule is Cc1ccnc(NCC(O)C(F)(F)F)c1Br. The number of alkyl halides is 3. The molecule has 1 rings (SSSR count). The molecule has 0 amide bonds. The van der Waals surface area contributed by atoms with Crippen LogP contribution in [-0.2, 0) is 0 Å². The van der Waals surface area contributed by atoms with E-state index in [-0.39, 0.29) is 5.82 Å². The van der Waals surface area contributed by atoms with Gasteiger partial charge in [-0.2, -0.15) is 13.2 Å². The molecule has 1 heterocycles. The fourth-order valence-electron chi connectivity index (χ4n) is 0.973. The van der Waals surface area contributed by atoms with E-state index in [0.717, 1.165) is 5.56 Å². The summed E-state index contributed by atoms with van der Waals surface area (Å²) < 4.78 is 36.6. The van der Waals surface area contributed by atoms with Crippen LogP contribution in [0.1, 0.15) is 5.56 Å². The lowest BCUT2D eigenvalue weighted by molar-refractivity contribution is -0.198. The number of pyridine rings is 1. The predicted octanol–water partition coefficient (Wildman–Crippen LogP) is 2.49. The second-order valence-corrected chi connectivity index (χ2v) is 4.02. The van der Waals surface area contributed by atoms with E-state index in [0.29, 0.717) is 4.47 Å². The van der Waals surface area contributed by atoms with Gasteiger partial charge in [-0.25, -0.2) is 4.98 Å². The summed E-state index contributed by atoms with van der Waals surface area (Å²) in [7, 11) is 0. The van der Waals surface area contributed by atoms with Crippen molar-refractivity contribution in [1.82, 2.24) is 4.98 Å². The normalized spacial score (nSPS) is 13.6. The van der Waals surface area contributed by atoms with Crippen LogP contribution in [0.3, 0.4) is 0 Å². The number of aromatic nitrogens is 1.